The van der Waals surface area contributed by atoms with Crippen molar-refractivity contribution in [2.75, 3.05) is 0 Å². The maximum absolute atomic E-state index is 11.2. The van der Waals surface area contributed by atoms with E-state index < -0.39 is 303 Å². The summed E-state index contributed by atoms with van der Waals surface area (Å²) in [6.45, 7) is 6.22. The summed E-state index contributed by atoms with van der Waals surface area (Å²) < 4.78 is 364. The summed E-state index contributed by atoms with van der Waals surface area (Å²) in [4.78, 5) is 4.83. The Balaban J connectivity index is 1.10. The Hall–Kier alpha value is -11.4. The van der Waals surface area contributed by atoms with E-state index in [1.807, 2.05) is 47.0 Å². The van der Waals surface area contributed by atoms with E-state index in [-0.39, 0.29) is 44.8 Å². The number of para-hydroxylation sites is 2. The van der Waals surface area contributed by atoms with Crippen LogP contribution < -0.4 is 24.9 Å². The van der Waals surface area contributed by atoms with Crippen LogP contribution in [0.3, 0.4) is 0 Å². The molecule has 1 aliphatic carbocycles. The SMILES string of the molecule is [2H]C1=C([2H])C([2H])C([2H])C([2H])=C1[Si](c1c([2H])c([2H])c([2H])c([2H])c1[2H])(c1c([2H])c([2H])c([2H])c([2H])c1[2H])c1c([2H])c([2H])c([2H])c(-c2cccc(-c3c([2H])c(-c4c([2H])c([2H])c([2H])c([2H])c4[2H])c([2H])c(-c4c([2H])c([2H])c([2H])c([2H])c4[2H])c3[2H])c2-[n+]2[c-]n(-c3cccc(Oc4ccc5c6ccccc6n(-c6cc(C(C)(C)C)ccn6)c5c4)c3)c3cc(-c4c([2H])c([2H])c([2H])c([2H])c4[2H])ccc32)c1[2H]. The van der Waals surface area contributed by atoms with E-state index in [1.165, 1.54) is 28.8 Å². The van der Waals surface area contributed by atoms with Crippen molar-refractivity contribution in [2.45, 2.75) is 39.0 Å². The Labute approximate surface area is 602 Å². The molecule has 94 heavy (non-hydrogen) atoms. The molecule has 5 nitrogen and oxygen atoms in total. The molecule has 0 N–H and O–H groups in total. The molecule has 16 rings (SSSR count). The Kier molecular flexibility index (Phi) is 7.84. The van der Waals surface area contributed by atoms with Gasteiger partial charge in [-0.05, 0) is 173 Å². The molecule has 2 unspecified atom stereocenters. The molecule has 3 aromatic heterocycles. The first kappa shape index (κ1) is 30.3. The van der Waals surface area contributed by atoms with E-state index in [9.17, 15) is 34.3 Å². The Morgan fingerprint density at radius 3 is 1.78 bits per heavy atom. The molecule has 0 saturated heterocycles. The number of ether oxygens (including phenoxy) is 1. The van der Waals surface area contributed by atoms with Gasteiger partial charge in [0.15, 0.2) is 8.07 Å². The summed E-state index contributed by atoms with van der Waals surface area (Å²) in [6, 6.07) is -8.34. The number of allylic oxidation sites excluding steroid dienone is 4. The van der Waals surface area contributed by atoms with Crippen molar-refractivity contribution in [3.63, 3.8) is 0 Å². The average molecular weight is 1260 g/mol. The van der Waals surface area contributed by atoms with E-state index in [2.05, 4.69) is 27.1 Å². The molecule has 12 aromatic carbocycles. The van der Waals surface area contributed by atoms with Crippen LogP contribution in [0.15, 0.2) is 338 Å². The lowest BCUT2D eigenvalue weighted by molar-refractivity contribution is -0.571. The van der Waals surface area contributed by atoms with Crippen LogP contribution in [0.5, 0.6) is 11.5 Å². The third-order valence-corrected chi connectivity index (χ3v) is 20.0. The van der Waals surface area contributed by atoms with Crippen molar-refractivity contribution in [2.24, 2.45) is 0 Å². The number of imidazole rings is 1. The first-order chi connectivity index (χ1) is 61.6. The van der Waals surface area contributed by atoms with Crippen molar-refractivity contribution >= 4 is 56.5 Å². The second-order valence-corrected chi connectivity index (χ2v) is 26.1. The molecule has 0 bridgehead atoms. The van der Waals surface area contributed by atoms with Gasteiger partial charge in [-0.1, -0.05) is 269 Å². The van der Waals surface area contributed by atoms with Gasteiger partial charge >= 0.3 is 0 Å². The molecule has 0 spiro atoms. The molecular weight excluding hydrogens is 1160 g/mol. The van der Waals surface area contributed by atoms with Crippen molar-refractivity contribution in [1.82, 2.24) is 14.1 Å². The Morgan fingerprint density at radius 2 is 1.09 bits per heavy atom. The molecule has 3 heterocycles. The molecule has 0 aliphatic heterocycles. The maximum atomic E-state index is 11.2. The van der Waals surface area contributed by atoms with Crippen molar-refractivity contribution in [3.8, 4) is 84.3 Å². The predicted molar refractivity (Wildman–Crippen MR) is 392 cm³/mol. The average Bonchev–Trinajstić information content (AvgIpc) is 0.866. The van der Waals surface area contributed by atoms with E-state index in [0.717, 1.165) is 44.6 Å². The fraction of sp³-hybridized carbons (Fsp3) is 0.0682. The molecular formula is C88H68N4OSi. The van der Waals surface area contributed by atoms with Crippen LogP contribution in [0.25, 0.3) is 106 Å². The topological polar surface area (TPSA) is 35.9 Å². The van der Waals surface area contributed by atoms with Gasteiger partial charge in [-0.3, -0.25) is 13.7 Å². The first-order valence-electron chi connectivity index (χ1n) is 48.0. The highest BCUT2D eigenvalue weighted by molar-refractivity contribution is 7.16. The molecule has 0 fully saturated rings. The van der Waals surface area contributed by atoms with Crippen LogP contribution in [0.2, 0.25) is 0 Å². The van der Waals surface area contributed by atoms with Gasteiger partial charge in [0, 0.05) is 25.8 Å². The van der Waals surface area contributed by atoms with Crippen LogP contribution in [0, 0.1) is 6.33 Å². The van der Waals surface area contributed by atoms with Crippen LogP contribution in [0.1, 0.15) is 89.8 Å². The van der Waals surface area contributed by atoms with Crippen molar-refractivity contribution < 1.29 is 60.0 Å². The van der Waals surface area contributed by atoms with Gasteiger partial charge in [-0.15, -0.1) is 0 Å². The molecule has 0 amide bonds. The van der Waals surface area contributed by atoms with Crippen molar-refractivity contribution in [3.05, 3.63) is 350 Å². The quantitative estimate of drug-likeness (QED) is 0.0471. The van der Waals surface area contributed by atoms with Gasteiger partial charge in [0.25, 0.3) is 6.33 Å². The molecule has 1 aliphatic rings. The summed E-state index contributed by atoms with van der Waals surface area (Å²) in [7, 11) is -6.68. The minimum absolute atomic E-state index is 0.0713. The third-order valence-electron chi connectivity index (χ3n) is 16.0. The number of benzene rings is 12. The van der Waals surface area contributed by atoms with Gasteiger partial charge in [0.05, 0.1) is 81.4 Å². The lowest BCUT2D eigenvalue weighted by Crippen LogP contribution is -2.68. The highest BCUT2D eigenvalue weighted by Gasteiger charge is 2.42. The summed E-state index contributed by atoms with van der Waals surface area (Å²) >= 11 is 0. The summed E-state index contributed by atoms with van der Waals surface area (Å²) in [5, 5.41) is -3.09. The predicted octanol–water partition coefficient (Wildman–Crippen LogP) is 19.9. The van der Waals surface area contributed by atoms with E-state index in [4.69, 9.17) is 26.2 Å². The normalized spacial score (nSPS) is 20.0. The number of hydrogen-bond donors (Lipinski definition) is 0. The first-order valence-corrected chi connectivity index (χ1v) is 31.4. The van der Waals surface area contributed by atoms with Gasteiger partial charge in [0.2, 0.25) is 0 Å². The lowest BCUT2D eigenvalue weighted by Gasteiger charge is -2.36. The maximum Gasteiger partial charge on any atom is 0.269 e. The van der Waals surface area contributed by atoms with Gasteiger partial charge in [-0.25, -0.2) is 4.98 Å². The lowest BCUT2D eigenvalue weighted by atomic mass is 9.88. The van der Waals surface area contributed by atoms with E-state index >= 15 is 0 Å². The van der Waals surface area contributed by atoms with Gasteiger partial charge in [-0.2, -0.15) is 0 Å². The number of pyridine rings is 1. The Morgan fingerprint density at radius 1 is 0.489 bits per heavy atom. The second-order valence-electron chi connectivity index (χ2n) is 22.6. The molecule has 15 aromatic rings. The van der Waals surface area contributed by atoms with Crippen LogP contribution in [-0.4, -0.2) is 22.2 Å². The Bertz CT molecular complexity index is 7370. The number of nitrogens with zero attached hydrogens (tertiary/aromatic N) is 4. The van der Waals surface area contributed by atoms with Crippen molar-refractivity contribution in [1.29, 1.82) is 0 Å². The molecule has 450 valence electrons. The highest BCUT2D eigenvalue weighted by atomic mass is 28.3. The summed E-state index contributed by atoms with van der Waals surface area (Å²) in [5.41, 5.74) is -6.01. The number of rotatable bonds is 14. The summed E-state index contributed by atoms with van der Waals surface area (Å²) in [6.07, 6.45) is 0.501. The van der Waals surface area contributed by atoms with E-state index in [0.29, 0.717) is 11.3 Å². The zero-order valence-corrected chi connectivity index (χ0v) is 50.9. The standard InChI is InChI=1S/C88H68N4OSi/c1-88(2,3)70-51-52-89-86(58-70)92-82-46-23-22-43-80(82)81-49-48-73(60-84(81)92)93-72-35-25-34-71(59-72)90-61-91(83-50-47-65(57-85(83)90)62-27-10-4-11-28-62)87-78(44-26-45-79(87)69-54-67(63-29-12-5-13-30-63)53-68(55-69)64-31-14-6-15-32-64)66-33-24-42-77(56-66)94(74-36-16-7-17-37-74,75-38-18-8-19-39-75)76-40-20-9-21-41-76/h4-8,10-20,22-60H,9,21H2,1-3H3/i4D,5D,6D,7D,8D,9D,10D,11D,12D,13D,14D,15D,16D,17D,18D,19D,20D,21D,24D,27D,28D,29D,30D,31D,32D,33D,36D,37D,38D,39D,40D,41D,42D,53D,54D,55D,56D. The molecule has 0 radical (unpaired) electrons. The van der Waals surface area contributed by atoms with E-state index in [1.54, 1.807) is 36.5 Å². The zero-order chi connectivity index (χ0) is 95.4. The smallest absolute Gasteiger partial charge is 0.269 e. The number of hydrogen-bond acceptors (Lipinski definition) is 2. The van der Waals surface area contributed by atoms with Crippen LogP contribution >= 0.6 is 0 Å². The minimum Gasteiger partial charge on any atom is -0.458 e. The van der Waals surface area contributed by atoms with Gasteiger partial charge in [0.1, 0.15) is 17.3 Å². The van der Waals surface area contributed by atoms with Crippen LogP contribution in [-0.2, 0) is 5.41 Å². The monoisotopic (exact) mass is 1260 g/mol. The second kappa shape index (κ2) is 24.3. The minimum atomic E-state index is -6.68. The number of fused-ring (bicyclic) bond motifs is 4. The zero-order valence-electron chi connectivity index (χ0n) is 86.9. The molecule has 0 saturated carbocycles. The molecule has 6 heteroatoms. The highest BCUT2D eigenvalue weighted by Crippen LogP contribution is 2.41. The third kappa shape index (κ3) is 10.6. The van der Waals surface area contributed by atoms with Gasteiger partial charge < -0.3 is 4.74 Å². The fourth-order valence-corrected chi connectivity index (χ4v) is 15.3. The fourth-order valence-electron chi connectivity index (χ4n) is 11.7. The summed E-state index contributed by atoms with van der Waals surface area (Å²) in [5.74, 6) is 0.967. The number of aromatic nitrogens is 4. The largest absolute Gasteiger partial charge is 0.458 e. The molecule has 2 atom stereocenters. The van der Waals surface area contributed by atoms with Crippen LogP contribution in [0.4, 0.5) is 0 Å².